The molecule has 4 aromatic rings. The van der Waals surface area contributed by atoms with Crippen LogP contribution in [0, 0.1) is 29.1 Å². The first-order chi connectivity index (χ1) is 16.2. The van der Waals surface area contributed by atoms with Gasteiger partial charge in [-0.15, -0.1) is 0 Å². The minimum Gasteiger partial charge on any atom is -0.380 e. The van der Waals surface area contributed by atoms with Gasteiger partial charge >= 0.3 is 0 Å². The van der Waals surface area contributed by atoms with Crippen LogP contribution in [0.5, 0.6) is 0 Å². The van der Waals surface area contributed by atoms with Crippen LogP contribution in [0.3, 0.4) is 0 Å². The predicted octanol–water partition coefficient (Wildman–Crippen LogP) is 4.12. The van der Waals surface area contributed by atoms with E-state index >= 15 is 0 Å². The lowest BCUT2D eigenvalue weighted by Crippen LogP contribution is -2.44. The molecule has 0 saturated heterocycles. The van der Waals surface area contributed by atoms with Crippen molar-refractivity contribution in [2.75, 3.05) is 0 Å². The maximum Gasteiger partial charge on any atom is 0.171 e. The molecule has 0 aliphatic heterocycles. The Morgan fingerprint density at radius 2 is 1.82 bits per heavy atom. The number of hydrogen-bond acceptors (Lipinski definition) is 6. The van der Waals surface area contributed by atoms with Gasteiger partial charge in [0.2, 0.25) is 0 Å². The van der Waals surface area contributed by atoms with E-state index < -0.39 is 46.4 Å². The molecule has 2 heterocycles. The fraction of sp³-hybridized carbons (Fsp3) is 0.227. The molecule has 12 heteroatoms. The second kappa shape index (κ2) is 9.31. The summed E-state index contributed by atoms with van der Waals surface area (Å²) in [6.45, 7) is 0.788. The highest BCUT2D eigenvalue weighted by molar-refractivity contribution is 5.60. The maximum absolute atomic E-state index is 14.6. The summed E-state index contributed by atoms with van der Waals surface area (Å²) in [5, 5.41) is 18.8. The molecule has 1 N–H and O–H groups in total. The Hall–Kier alpha value is -3.64. The summed E-state index contributed by atoms with van der Waals surface area (Å²) in [5.41, 5.74) is -3.30. The van der Waals surface area contributed by atoms with Crippen molar-refractivity contribution in [1.29, 1.82) is 0 Å². The number of aromatic nitrogens is 4. The highest BCUT2D eigenvalue weighted by Crippen LogP contribution is 2.33. The number of hydrogen-bond donors (Lipinski definition) is 1. The zero-order chi connectivity index (χ0) is 24.5. The van der Waals surface area contributed by atoms with E-state index in [1.54, 1.807) is 0 Å². The Bertz CT molecular complexity index is 1300. The molecule has 0 radical (unpaired) electrons. The molecule has 178 valence electrons. The molecule has 2 aromatic heterocycles. The summed E-state index contributed by atoms with van der Waals surface area (Å²) in [7, 11) is 0. The molecular weight excluding hydrogens is 463 g/mol. The van der Waals surface area contributed by atoms with Gasteiger partial charge in [-0.2, -0.15) is 5.10 Å². The lowest BCUT2D eigenvalue weighted by molar-refractivity contribution is -0.126. The quantitative estimate of drug-likeness (QED) is 0.302. The van der Waals surface area contributed by atoms with Gasteiger partial charge in [-0.25, -0.2) is 31.6 Å². The normalized spacial score (nSPS) is 14.2. The van der Waals surface area contributed by atoms with Crippen LogP contribution in [-0.2, 0) is 23.5 Å². The van der Waals surface area contributed by atoms with Crippen LogP contribution in [0.4, 0.5) is 22.0 Å². The monoisotopic (exact) mass is 480 g/mol. The topological polar surface area (TPSA) is 86.2 Å². The number of ether oxygens (including phenoxy) is 1. The molecule has 0 fully saturated rings. The molecule has 0 spiro atoms. The maximum atomic E-state index is 14.6. The fourth-order valence-corrected chi connectivity index (χ4v) is 3.44. The Balaban J connectivity index is 1.57. The average molecular weight is 480 g/mol. The number of rotatable bonds is 8. The molecule has 0 amide bonds. The second-order valence-corrected chi connectivity index (χ2v) is 7.49. The highest BCUT2D eigenvalue weighted by atomic mass is 19.2. The van der Waals surface area contributed by atoms with Gasteiger partial charge in [0.05, 0.1) is 18.2 Å². The lowest BCUT2D eigenvalue weighted by Gasteiger charge is -2.34. The zero-order valence-electron chi connectivity index (χ0n) is 17.6. The first-order valence-electron chi connectivity index (χ1n) is 9.90. The van der Waals surface area contributed by atoms with Crippen LogP contribution < -0.4 is 0 Å². The van der Waals surface area contributed by atoms with Crippen LogP contribution in [0.1, 0.15) is 18.2 Å². The zero-order valence-corrected chi connectivity index (χ0v) is 17.6. The van der Waals surface area contributed by atoms with Crippen molar-refractivity contribution in [2.24, 2.45) is 0 Å². The smallest absolute Gasteiger partial charge is 0.171 e. The van der Waals surface area contributed by atoms with E-state index in [4.69, 9.17) is 9.26 Å². The Morgan fingerprint density at radius 3 is 2.53 bits per heavy atom. The summed E-state index contributed by atoms with van der Waals surface area (Å²) in [4.78, 5) is 3.78. The molecule has 2 aromatic carbocycles. The van der Waals surface area contributed by atoms with Crippen molar-refractivity contribution in [1.82, 2.24) is 19.9 Å². The molecule has 7 nitrogen and oxygen atoms in total. The van der Waals surface area contributed by atoms with Crippen LogP contribution in [0.15, 0.2) is 53.6 Å². The predicted molar refractivity (Wildman–Crippen MR) is 106 cm³/mol. The van der Waals surface area contributed by atoms with E-state index in [-0.39, 0.29) is 30.2 Å². The fourth-order valence-electron chi connectivity index (χ4n) is 3.44. The van der Waals surface area contributed by atoms with Crippen molar-refractivity contribution < 1.29 is 36.3 Å². The molecular formula is C22H17F5N4O3. The van der Waals surface area contributed by atoms with Crippen LogP contribution in [0.25, 0.3) is 11.3 Å². The number of benzene rings is 2. The molecule has 2 atom stereocenters. The molecule has 4 rings (SSSR count). The second-order valence-electron chi connectivity index (χ2n) is 7.49. The summed E-state index contributed by atoms with van der Waals surface area (Å²) in [5.74, 6) is -5.57. The van der Waals surface area contributed by atoms with Gasteiger partial charge in [0.25, 0.3) is 0 Å². The third-order valence-corrected chi connectivity index (χ3v) is 5.27. The third-order valence-electron chi connectivity index (χ3n) is 5.27. The summed E-state index contributed by atoms with van der Waals surface area (Å²) in [6.07, 6.45) is 1.38. The molecule has 2 unspecified atom stereocenters. The molecule has 0 aliphatic rings. The largest absolute Gasteiger partial charge is 0.380 e. The summed E-state index contributed by atoms with van der Waals surface area (Å²) >= 11 is 0. The van der Waals surface area contributed by atoms with Crippen molar-refractivity contribution in [3.8, 4) is 11.3 Å². The average Bonchev–Trinajstić information content (AvgIpc) is 3.47. The molecule has 0 saturated carbocycles. The van der Waals surface area contributed by atoms with E-state index in [2.05, 4.69) is 15.2 Å². The van der Waals surface area contributed by atoms with E-state index in [0.29, 0.717) is 12.1 Å². The number of nitrogens with zero attached hydrogens (tertiary/aromatic N) is 4. The number of halogens is 5. The van der Waals surface area contributed by atoms with E-state index in [1.807, 2.05) is 0 Å². The molecule has 0 aliphatic carbocycles. The van der Waals surface area contributed by atoms with Crippen LogP contribution >= 0.6 is 0 Å². The van der Waals surface area contributed by atoms with Crippen molar-refractivity contribution in [3.63, 3.8) is 0 Å². The van der Waals surface area contributed by atoms with Crippen molar-refractivity contribution in [2.45, 2.75) is 31.8 Å². The minimum absolute atomic E-state index is 0.00686. The minimum atomic E-state index is -2.03. The number of aliphatic hydroxyl groups is 1. The lowest BCUT2D eigenvalue weighted by atomic mass is 9.88. The van der Waals surface area contributed by atoms with Gasteiger partial charge in [-0.1, -0.05) is 11.2 Å². The van der Waals surface area contributed by atoms with Crippen molar-refractivity contribution >= 4 is 0 Å². The molecule has 0 bridgehead atoms. The van der Waals surface area contributed by atoms with E-state index in [0.717, 1.165) is 24.3 Å². The van der Waals surface area contributed by atoms with Crippen LogP contribution in [0.2, 0.25) is 0 Å². The summed E-state index contributed by atoms with van der Waals surface area (Å²) < 4.78 is 81.4. The first kappa shape index (κ1) is 23.5. The molecule has 34 heavy (non-hydrogen) atoms. The SMILES string of the molecule is CC(OCc1cc(-c2c(F)ccc(F)c2F)no1)C(O)(Cn1cncn1)c1ccc(F)cc1F. The van der Waals surface area contributed by atoms with Gasteiger partial charge < -0.3 is 14.4 Å². The van der Waals surface area contributed by atoms with E-state index in [1.165, 1.54) is 24.3 Å². The van der Waals surface area contributed by atoms with Gasteiger partial charge in [0, 0.05) is 17.7 Å². The van der Waals surface area contributed by atoms with Gasteiger partial charge in [-0.05, 0) is 25.1 Å². The van der Waals surface area contributed by atoms with E-state index in [9.17, 15) is 27.1 Å². The van der Waals surface area contributed by atoms with Gasteiger partial charge in [0.1, 0.15) is 48.0 Å². The Labute approximate surface area is 189 Å². The van der Waals surface area contributed by atoms with Gasteiger partial charge in [0.15, 0.2) is 17.4 Å². The highest BCUT2D eigenvalue weighted by Gasteiger charge is 2.40. The van der Waals surface area contributed by atoms with Crippen molar-refractivity contribution in [3.05, 3.63) is 89.5 Å². The third kappa shape index (κ3) is 4.54. The Kier molecular flexibility index (Phi) is 6.44. The van der Waals surface area contributed by atoms with Crippen LogP contribution in [-0.4, -0.2) is 31.1 Å². The van der Waals surface area contributed by atoms with Gasteiger partial charge in [-0.3, -0.25) is 0 Å². The first-order valence-corrected chi connectivity index (χ1v) is 9.90. The standard InChI is InChI=1S/C22H17F5N4O3/c1-12(22(32,9-31-11-28-10-29-31)15-3-2-13(23)6-18(15)26)33-8-14-7-19(30-34-14)20-16(24)4-5-17(25)21(20)27/h2-7,10-12,32H,8-9H2,1H3. The Morgan fingerprint density at radius 1 is 1.06 bits per heavy atom. The summed E-state index contributed by atoms with van der Waals surface area (Å²) in [6, 6.07) is 5.24.